The third-order valence-electron chi connectivity index (χ3n) is 3.88. The van der Waals surface area contributed by atoms with Gasteiger partial charge in [-0.3, -0.25) is 0 Å². The molecule has 128 valence electrons. The van der Waals surface area contributed by atoms with Crippen molar-refractivity contribution in [2.75, 3.05) is 11.9 Å². The highest BCUT2D eigenvalue weighted by Gasteiger charge is 2.07. The molecule has 1 N–H and O–H groups in total. The Balaban J connectivity index is 1.61. The van der Waals surface area contributed by atoms with Crippen molar-refractivity contribution >= 4 is 28.9 Å². The summed E-state index contributed by atoms with van der Waals surface area (Å²) < 4.78 is 5.98. The van der Waals surface area contributed by atoms with Gasteiger partial charge in [0.15, 0.2) is 0 Å². The molecule has 3 aromatic rings. The molecule has 0 atom stereocenters. The first-order valence-corrected chi connectivity index (χ1v) is 8.92. The highest BCUT2D eigenvalue weighted by Crippen LogP contribution is 2.30. The summed E-state index contributed by atoms with van der Waals surface area (Å²) in [4.78, 5) is 0. The van der Waals surface area contributed by atoms with Gasteiger partial charge in [0.05, 0.1) is 22.3 Å². The number of para-hydroxylation sites is 1. The van der Waals surface area contributed by atoms with E-state index in [1.54, 1.807) is 6.07 Å². The van der Waals surface area contributed by atoms with E-state index in [1.165, 1.54) is 5.56 Å². The van der Waals surface area contributed by atoms with E-state index in [9.17, 15) is 0 Å². The van der Waals surface area contributed by atoms with Crippen molar-refractivity contribution in [1.82, 2.24) is 0 Å². The molecule has 0 heterocycles. The summed E-state index contributed by atoms with van der Waals surface area (Å²) in [5.74, 6) is 0.879. The lowest BCUT2D eigenvalue weighted by molar-refractivity contribution is 0.319. The molecule has 0 bridgehead atoms. The molecule has 2 nitrogen and oxygen atoms in total. The number of halogens is 2. The summed E-state index contributed by atoms with van der Waals surface area (Å²) in [6.45, 7) is 1.25. The fourth-order valence-corrected chi connectivity index (χ4v) is 2.91. The molecule has 0 radical (unpaired) electrons. The Labute approximate surface area is 158 Å². The molecular weight excluding hydrogens is 353 g/mol. The van der Waals surface area contributed by atoms with Gasteiger partial charge in [0.25, 0.3) is 0 Å². The van der Waals surface area contributed by atoms with Crippen LogP contribution in [0, 0.1) is 0 Å². The molecule has 25 heavy (non-hydrogen) atoms. The van der Waals surface area contributed by atoms with Crippen LogP contribution in [0.25, 0.3) is 0 Å². The fraction of sp³-hybridized carbons (Fsp3) is 0.143. The number of benzene rings is 3. The van der Waals surface area contributed by atoms with E-state index in [1.807, 2.05) is 54.6 Å². The Morgan fingerprint density at radius 2 is 1.56 bits per heavy atom. The third-order valence-corrected chi connectivity index (χ3v) is 4.70. The minimum absolute atomic E-state index is 0.534. The van der Waals surface area contributed by atoms with Crippen molar-refractivity contribution in [1.29, 1.82) is 0 Å². The zero-order valence-corrected chi connectivity index (χ0v) is 15.2. The summed E-state index contributed by atoms with van der Waals surface area (Å²) in [7, 11) is 0. The zero-order chi connectivity index (χ0) is 17.5. The van der Waals surface area contributed by atoms with E-state index in [-0.39, 0.29) is 0 Å². The summed E-state index contributed by atoms with van der Waals surface area (Å²) in [5, 5.41) is 4.40. The van der Waals surface area contributed by atoms with E-state index in [2.05, 4.69) is 17.4 Å². The average molecular weight is 372 g/mol. The molecule has 0 spiro atoms. The standard InChI is InChI=1S/C21H19Cl2NO/c22-18-10-6-11-19(21(18)23)24-15-17-9-4-5-12-20(17)25-14-13-16-7-2-1-3-8-16/h1-12,24H,13-15H2. The number of hydrogen-bond donors (Lipinski definition) is 1. The lowest BCUT2D eigenvalue weighted by atomic mass is 10.1. The summed E-state index contributed by atoms with van der Waals surface area (Å²) in [6, 6.07) is 23.9. The van der Waals surface area contributed by atoms with Crippen molar-refractivity contribution in [3.05, 3.63) is 94.0 Å². The number of nitrogens with one attached hydrogen (secondary N) is 1. The van der Waals surface area contributed by atoms with Crippen LogP contribution in [0.3, 0.4) is 0 Å². The van der Waals surface area contributed by atoms with Gasteiger partial charge in [-0.2, -0.15) is 0 Å². The Bertz CT molecular complexity index is 821. The molecule has 3 aromatic carbocycles. The highest BCUT2D eigenvalue weighted by molar-refractivity contribution is 6.43. The first-order chi connectivity index (χ1) is 12.2. The SMILES string of the molecule is Clc1cccc(NCc2ccccc2OCCc2ccccc2)c1Cl. The maximum absolute atomic E-state index is 6.22. The van der Waals surface area contributed by atoms with E-state index in [0.29, 0.717) is 23.2 Å². The Kier molecular flexibility index (Phi) is 6.21. The first kappa shape index (κ1) is 17.7. The molecule has 0 aliphatic rings. The van der Waals surface area contributed by atoms with Gasteiger partial charge in [-0.15, -0.1) is 0 Å². The summed E-state index contributed by atoms with van der Waals surface area (Å²) >= 11 is 12.3. The molecule has 0 saturated heterocycles. The van der Waals surface area contributed by atoms with Crippen LogP contribution in [-0.2, 0) is 13.0 Å². The van der Waals surface area contributed by atoms with Gasteiger partial charge in [0.2, 0.25) is 0 Å². The van der Waals surface area contributed by atoms with E-state index in [4.69, 9.17) is 27.9 Å². The van der Waals surface area contributed by atoms with Gasteiger partial charge in [0.1, 0.15) is 5.75 Å². The Hall–Kier alpha value is -2.16. The first-order valence-electron chi connectivity index (χ1n) is 8.16. The molecular formula is C21H19Cl2NO. The average Bonchev–Trinajstić information content (AvgIpc) is 2.65. The Morgan fingerprint density at radius 3 is 2.40 bits per heavy atom. The number of anilines is 1. The van der Waals surface area contributed by atoms with Crippen molar-refractivity contribution < 1.29 is 4.74 Å². The summed E-state index contributed by atoms with van der Waals surface area (Å²) in [5.41, 5.74) is 3.16. The molecule has 0 fully saturated rings. The maximum atomic E-state index is 6.22. The molecule has 0 aliphatic heterocycles. The number of rotatable bonds is 7. The number of ether oxygens (including phenoxy) is 1. The second-order valence-corrected chi connectivity index (χ2v) is 6.43. The largest absolute Gasteiger partial charge is 0.493 e. The van der Waals surface area contributed by atoms with Crippen LogP contribution in [0.1, 0.15) is 11.1 Å². The van der Waals surface area contributed by atoms with Crippen molar-refractivity contribution in [2.45, 2.75) is 13.0 Å². The van der Waals surface area contributed by atoms with Gasteiger partial charge in [-0.1, -0.05) is 77.8 Å². The van der Waals surface area contributed by atoms with Crippen LogP contribution in [0.4, 0.5) is 5.69 Å². The van der Waals surface area contributed by atoms with E-state index < -0.39 is 0 Å². The minimum atomic E-state index is 0.534. The second kappa shape index (κ2) is 8.80. The predicted octanol–water partition coefficient (Wildman–Crippen LogP) is 6.23. The zero-order valence-electron chi connectivity index (χ0n) is 13.7. The lowest BCUT2D eigenvalue weighted by Gasteiger charge is -2.14. The maximum Gasteiger partial charge on any atom is 0.124 e. The smallest absolute Gasteiger partial charge is 0.124 e. The van der Waals surface area contributed by atoms with Gasteiger partial charge in [-0.05, 0) is 23.8 Å². The quantitative estimate of drug-likeness (QED) is 0.531. The van der Waals surface area contributed by atoms with Crippen LogP contribution in [0.2, 0.25) is 10.0 Å². The number of hydrogen-bond acceptors (Lipinski definition) is 2. The van der Waals surface area contributed by atoms with Crippen LogP contribution in [0.5, 0.6) is 5.75 Å². The molecule has 0 amide bonds. The second-order valence-electron chi connectivity index (χ2n) is 5.65. The summed E-state index contributed by atoms with van der Waals surface area (Å²) in [6.07, 6.45) is 0.878. The monoisotopic (exact) mass is 371 g/mol. The van der Waals surface area contributed by atoms with Gasteiger partial charge in [0, 0.05) is 18.5 Å². The van der Waals surface area contributed by atoms with Crippen molar-refractivity contribution in [2.24, 2.45) is 0 Å². The van der Waals surface area contributed by atoms with Crippen LogP contribution >= 0.6 is 23.2 Å². The predicted molar refractivity (Wildman–Crippen MR) is 106 cm³/mol. The molecule has 4 heteroatoms. The van der Waals surface area contributed by atoms with E-state index >= 15 is 0 Å². The normalized spacial score (nSPS) is 10.5. The molecule has 0 aliphatic carbocycles. The molecule has 0 unspecified atom stereocenters. The van der Waals surface area contributed by atoms with E-state index in [0.717, 1.165) is 23.4 Å². The molecule has 3 rings (SSSR count). The van der Waals surface area contributed by atoms with Crippen molar-refractivity contribution in [3.8, 4) is 5.75 Å². The van der Waals surface area contributed by atoms with Gasteiger partial charge in [-0.25, -0.2) is 0 Å². The van der Waals surface area contributed by atoms with Crippen molar-refractivity contribution in [3.63, 3.8) is 0 Å². The van der Waals surface area contributed by atoms with Gasteiger partial charge >= 0.3 is 0 Å². The highest BCUT2D eigenvalue weighted by atomic mass is 35.5. The van der Waals surface area contributed by atoms with Crippen LogP contribution < -0.4 is 10.1 Å². The lowest BCUT2D eigenvalue weighted by Crippen LogP contribution is -2.06. The topological polar surface area (TPSA) is 21.3 Å². The molecule has 0 aromatic heterocycles. The van der Waals surface area contributed by atoms with Crippen LogP contribution in [0.15, 0.2) is 72.8 Å². The van der Waals surface area contributed by atoms with Crippen LogP contribution in [-0.4, -0.2) is 6.61 Å². The van der Waals surface area contributed by atoms with Gasteiger partial charge < -0.3 is 10.1 Å². The molecule has 0 saturated carbocycles. The third kappa shape index (κ3) is 4.91. The fourth-order valence-electron chi connectivity index (χ4n) is 2.54. The minimum Gasteiger partial charge on any atom is -0.493 e. The Morgan fingerprint density at radius 1 is 0.800 bits per heavy atom.